The van der Waals surface area contributed by atoms with Gasteiger partial charge in [0, 0.05) is 7.05 Å². The molecule has 0 heterocycles. The number of halogens is 1. The Morgan fingerprint density at radius 1 is 1.32 bits per heavy atom. The molecule has 4 nitrogen and oxygen atoms in total. The third kappa shape index (κ3) is 3.53. The summed E-state index contributed by atoms with van der Waals surface area (Å²) in [4.78, 5) is 24.4. The molecule has 5 heteroatoms. The van der Waals surface area contributed by atoms with Crippen molar-refractivity contribution >= 4 is 11.9 Å². The number of aliphatic carboxylic acids is 1. The summed E-state index contributed by atoms with van der Waals surface area (Å²) in [6, 6.07) is 4.82. The number of amides is 1. The monoisotopic (exact) mass is 267 g/mol. The van der Waals surface area contributed by atoms with Gasteiger partial charge in [-0.2, -0.15) is 0 Å². The Balaban J connectivity index is 2.94. The van der Waals surface area contributed by atoms with Crippen LogP contribution < -0.4 is 0 Å². The van der Waals surface area contributed by atoms with Crippen LogP contribution in [0, 0.1) is 5.82 Å². The first kappa shape index (κ1) is 15.1. The highest BCUT2D eigenvalue weighted by molar-refractivity contribution is 5.87. The summed E-state index contributed by atoms with van der Waals surface area (Å²) >= 11 is 0. The lowest BCUT2D eigenvalue weighted by Crippen LogP contribution is -2.42. The molecule has 0 saturated heterocycles. The van der Waals surface area contributed by atoms with Gasteiger partial charge >= 0.3 is 5.97 Å². The number of carbonyl (C=O) groups is 2. The fourth-order valence-corrected chi connectivity index (χ4v) is 1.85. The number of hydrogen-bond acceptors (Lipinski definition) is 2. The van der Waals surface area contributed by atoms with Gasteiger partial charge in [0.05, 0.1) is 5.92 Å². The molecule has 104 valence electrons. The molecule has 0 fully saturated rings. The number of carboxylic acids is 1. The van der Waals surface area contributed by atoms with E-state index in [1.54, 1.807) is 12.1 Å². The van der Waals surface area contributed by atoms with E-state index in [1.165, 1.54) is 31.0 Å². The van der Waals surface area contributed by atoms with Crippen LogP contribution in [0.3, 0.4) is 0 Å². The number of benzene rings is 1. The highest BCUT2D eigenvalue weighted by Gasteiger charge is 2.28. The summed E-state index contributed by atoms with van der Waals surface area (Å²) < 4.78 is 12.9. The number of rotatable bonds is 5. The van der Waals surface area contributed by atoms with Crippen LogP contribution in [-0.2, 0) is 9.59 Å². The number of nitrogens with zero attached hydrogens (tertiary/aromatic N) is 1. The second-order valence-electron chi connectivity index (χ2n) is 4.48. The van der Waals surface area contributed by atoms with Crippen LogP contribution in [0.25, 0.3) is 0 Å². The molecule has 0 saturated carbocycles. The minimum atomic E-state index is -1.05. The van der Waals surface area contributed by atoms with E-state index >= 15 is 0 Å². The van der Waals surface area contributed by atoms with Crippen LogP contribution in [0.15, 0.2) is 24.3 Å². The molecule has 0 aliphatic heterocycles. The zero-order valence-electron chi connectivity index (χ0n) is 11.3. The van der Waals surface area contributed by atoms with Gasteiger partial charge in [-0.05, 0) is 31.0 Å². The van der Waals surface area contributed by atoms with Crippen molar-refractivity contribution in [3.05, 3.63) is 35.6 Å². The minimum Gasteiger partial charge on any atom is -0.480 e. The van der Waals surface area contributed by atoms with Crippen LogP contribution in [-0.4, -0.2) is 35.0 Å². The molecule has 0 aliphatic carbocycles. The van der Waals surface area contributed by atoms with Gasteiger partial charge in [0.2, 0.25) is 5.91 Å². The average molecular weight is 267 g/mol. The number of carbonyl (C=O) groups excluding carboxylic acids is 1. The standard InChI is InChI=1S/C14H18FNO3/c1-4-12(10-5-7-11(15)8-6-10)13(17)16(3)9(2)14(18)19/h5-9,12H,4H2,1-3H3,(H,18,19). The molecule has 0 aliphatic rings. The van der Waals surface area contributed by atoms with Gasteiger partial charge < -0.3 is 10.0 Å². The maximum atomic E-state index is 12.9. The lowest BCUT2D eigenvalue weighted by atomic mass is 9.94. The van der Waals surface area contributed by atoms with E-state index in [9.17, 15) is 14.0 Å². The van der Waals surface area contributed by atoms with Crippen molar-refractivity contribution in [2.45, 2.75) is 32.2 Å². The van der Waals surface area contributed by atoms with E-state index < -0.39 is 17.9 Å². The van der Waals surface area contributed by atoms with Crippen LogP contribution in [0.1, 0.15) is 31.7 Å². The van der Waals surface area contributed by atoms with Crippen molar-refractivity contribution in [2.75, 3.05) is 7.05 Å². The molecule has 2 unspecified atom stereocenters. The number of carboxylic acid groups (broad SMARTS) is 1. The minimum absolute atomic E-state index is 0.274. The van der Waals surface area contributed by atoms with Crippen LogP contribution in [0.5, 0.6) is 0 Å². The summed E-state index contributed by atoms with van der Waals surface area (Å²) in [5.41, 5.74) is 0.693. The first-order chi connectivity index (χ1) is 8.88. The van der Waals surface area contributed by atoms with Gasteiger partial charge in [0.1, 0.15) is 11.9 Å². The van der Waals surface area contributed by atoms with Gasteiger partial charge in [-0.15, -0.1) is 0 Å². The van der Waals surface area contributed by atoms with Gasteiger partial charge in [-0.1, -0.05) is 19.1 Å². The predicted molar refractivity (Wildman–Crippen MR) is 69.3 cm³/mol. The highest BCUT2D eigenvalue weighted by atomic mass is 19.1. The van der Waals surface area contributed by atoms with Gasteiger partial charge in [0.25, 0.3) is 0 Å². The Morgan fingerprint density at radius 2 is 1.84 bits per heavy atom. The van der Waals surface area contributed by atoms with Crippen LogP contribution in [0.2, 0.25) is 0 Å². The third-order valence-corrected chi connectivity index (χ3v) is 3.26. The molecule has 2 atom stereocenters. The van der Waals surface area contributed by atoms with Crippen LogP contribution >= 0.6 is 0 Å². The molecule has 19 heavy (non-hydrogen) atoms. The zero-order chi connectivity index (χ0) is 14.6. The Bertz CT molecular complexity index is 458. The average Bonchev–Trinajstić information content (AvgIpc) is 2.39. The molecule has 0 spiro atoms. The molecule has 1 rings (SSSR count). The highest BCUT2D eigenvalue weighted by Crippen LogP contribution is 2.22. The molecular formula is C14H18FNO3. The van der Waals surface area contributed by atoms with E-state index in [1.807, 2.05) is 6.92 Å². The topological polar surface area (TPSA) is 57.6 Å². The molecule has 1 aromatic carbocycles. The van der Waals surface area contributed by atoms with Crippen LogP contribution in [0.4, 0.5) is 4.39 Å². The Morgan fingerprint density at radius 3 is 2.26 bits per heavy atom. The Kier molecular flexibility index (Phi) is 5.03. The lowest BCUT2D eigenvalue weighted by Gasteiger charge is -2.26. The Hall–Kier alpha value is -1.91. The third-order valence-electron chi connectivity index (χ3n) is 3.26. The summed E-state index contributed by atoms with van der Waals surface area (Å²) in [6.07, 6.45) is 0.529. The van der Waals surface area contributed by atoms with Gasteiger partial charge in [-0.25, -0.2) is 9.18 Å². The molecule has 1 aromatic rings. The number of likely N-dealkylation sites (N-methyl/N-ethyl adjacent to an activating group) is 1. The first-order valence-corrected chi connectivity index (χ1v) is 6.13. The van der Waals surface area contributed by atoms with Crippen molar-refractivity contribution in [3.8, 4) is 0 Å². The molecule has 1 N–H and O–H groups in total. The largest absolute Gasteiger partial charge is 0.480 e. The molecule has 1 amide bonds. The first-order valence-electron chi connectivity index (χ1n) is 6.13. The lowest BCUT2D eigenvalue weighted by molar-refractivity contribution is -0.148. The van der Waals surface area contributed by atoms with E-state index in [4.69, 9.17) is 5.11 Å². The fourth-order valence-electron chi connectivity index (χ4n) is 1.85. The smallest absolute Gasteiger partial charge is 0.326 e. The van der Waals surface area contributed by atoms with E-state index in [-0.39, 0.29) is 11.7 Å². The summed E-state index contributed by atoms with van der Waals surface area (Å²) in [7, 11) is 1.47. The van der Waals surface area contributed by atoms with Crippen molar-refractivity contribution in [3.63, 3.8) is 0 Å². The van der Waals surface area contributed by atoms with Crippen molar-refractivity contribution < 1.29 is 19.1 Å². The Labute approximate surface area is 111 Å². The maximum absolute atomic E-state index is 12.9. The molecule has 0 aromatic heterocycles. The van der Waals surface area contributed by atoms with Crippen molar-refractivity contribution in [1.29, 1.82) is 0 Å². The summed E-state index contributed by atoms with van der Waals surface area (Å²) in [6.45, 7) is 3.29. The normalized spacial score (nSPS) is 13.7. The summed E-state index contributed by atoms with van der Waals surface area (Å²) in [5.74, 6) is -2.14. The SMILES string of the molecule is CCC(C(=O)N(C)C(C)C(=O)O)c1ccc(F)cc1. The van der Waals surface area contributed by atoms with E-state index in [2.05, 4.69) is 0 Å². The van der Waals surface area contributed by atoms with Gasteiger partial charge in [0.15, 0.2) is 0 Å². The maximum Gasteiger partial charge on any atom is 0.326 e. The van der Waals surface area contributed by atoms with Crippen molar-refractivity contribution in [2.24, 2.45) is 0 Å². The van der Waals surface area contributed by atoms with E-state index in [0.29, 0.717) is 12.0 Å². The zero-order valence-corrected chi connectivity index (χ0v) is 11.3. The fraction of sp³-hybridized carbons (Fsp3) is 0.429. The predicted octanol–water partition coefficient (Wildman–Crippen LogP) is 2.25. The second kappa shape index (κ2) is 6.31. The molecule has 0 bridgehead atoms. The molecule has 0 radical (unpaired) electrons. The summed E-state index contributed by atoms with van der Waals surface area (Å²) in [5, 5.41) is 8.92. The van der Waals surface area contributed by atoms with Gasteiger partial charge in [-0.3, -0.25) is 4.79 Å². The van der Waals surface area contributed by atoms with Crippen molar-refractivity contribution in [1.82, 2.24) is 4.90 Å². The quantitative estimate of drug-likeness (QED) is 0.890. The number of hydrogen-bond donors (Lipinski definition) is 1. The second-order valence-corrected chi connectivity index (χ2v) is 4.48. The van der Waals surface area contributed by atoms with E-state index in [0.717, 1.165) is 0 Å². The molecular weight excluding hydrogens is 249 g/mol.